The zero-order valence-corrected chi connectivity index (χ0v) is 17.0. The van der Waals surface area contributed by atoms with Crippen molar-refractivity contribution in [3.63, 3.8) is 0 Å². The van der Waals surface area contributed by atoms with Crippen LogP contribution in [0.3, 0.4) is 0 Å². The number of hydrazine groups is 1. The highest BCUT2D eigenvalue weighted by molar-refractivity contribution is 5.85. The van der Waals surface area contributed by atoms with Gasteiger partial charge in [-0.3, -0.25) is 19.5 Å². The second kappa shape index (κ2) is 9.26. The molecule has 1 atom stereocenters. The highest BCUT2D eigenvalue weighted by Crippen LogP contribution is 2.29. The Labute approximate surface area is 176 Å². The molecule has 1 saturated heterocycles. The summed E-state index contributed by atoms with van der Waals surface area (Å²) in [6, 6.07) is 17.8. The molecule has 0 radical (unpaired) electrons. The Balaban J connectivity index is 0.00000240. The molecule has 0 aromatic heterocycles. The fourth-order valence-corrected chi connectivity index (χ4v) is 3.96. The molecule has 2 aromatic rings. The Bertz CT molecular complexity index is 863. The number of carbonyl (C=O) groups excluding carboxylic acids is 2. The number of amides is 2. The van der Waals surface area contributed by atoms with Crippen LogP contribution >= 0.6 is 12.4 Å². The van der Waals surface area contributed by atoms with Crippen LogP contribution in [-0.2, 0) is 22.6 Å². The summed E-state index contributed by atoms with van der Waals surface area (Å²) in [4.78, 5) is 26.7. The highest BCUT2D eigenvalue weighted by atomic mass is 35.5. The van der Waals surface area contributed by atoms with Gasteiger partial charge in [0.15, 0.2) is 0 Å². The number of hydrogen-bond donors (Lipinski definition) is 2. The maximum Gasteiger partial charge on any atom is 0.258 e. The number of halogens is 1. The van der Waals surface area contributed by atoms with Crippen molar-refractivity contribution in [2.45, 2.75) is 19.0 Å². The van der Waals surface area contributed by atoms with Gasteiger partial charge in [-0.1, -0.05) is 48.5 Å². The number of piperazine rings is 1. The Hall–Kier alpha value is -2.61. The lowest BCUT2D eigenvalue weighted by Gasteiger charge is -2.46. The van der Waals surface area contributed by atoms with Gasteiger partial charge in [-0.25, -0.2) is 5.01 Å². The fraction of sp³-hybridized carbons (Fsp3) is 0.333. The van der Waals surface area contributed by atoms with Crippen LogP contribution in [0.4, 0.5) is 5.69 Å². The predicted molar refractivity (Wildman–Crippen MR) is 114 cm³/mol. The molecule has 29 heavy (non-hydrogen) atoms. The van der Waals surface area contributed by atoms with Crippen molar-refractivity contribution in [2.24, 2.45) is 5.73 Å². The lowest BCUT2D eigenvalue weighted by Crippen LogP contribution is -2.64. The minimum atomic E-state index is -0.368. The maximum absolute atomic E-state index is 13.3. The van der Waals surface area contributed by atoms with Crippen molar-refractivity contribution < 1.29 is 9.59 Å². The number of anilines is 1. The number of benzene rings is 2. The molecule has 0 bridgehead atoms. The number of nitrogens with zero attached hydrogens (tertiary/aromatic N) is 3. The van der Waals surface area contributed by atoms with Gasteiger partial charge in [-0.2, -0.15) is 0 Å². The van der Waals surface area contributed by atoms with E-state index in [1.54, 1.807) is 0 Å². The Kier molecular flexibility index (Phi) is 6.74. The fourth-order valence-electron chi connectivity index (χ4n) is 3.96. The molecule has 3 N–H and O–H groups in total. The summed E-state index contributed by atoms with van der Waals surface area (Å²) in [5.41, 5.74) is 8.64. The van der Waals surface area contributed by atoms with E-state index in [0.717, 1.165) is 23.4 Å². The minimum absolute atomic E-state index is 0. The van der Waals surface area contributed by atoms with Gasteiger partial charge in [0.2, 0.25) is 5.91 Å². The summed E-state index contributed by atoms with van der Waals surface area (Å²) < 4.78 is 0. The molecule has 154 valence electrons. The third kappa shape index (κ3) is 4.70. The molecule has 2 aliphatic rings. The minimum Gasteiger partial charge on any atom is -0.369 e. The predicted octanol–water partition coefficient (Wildman–Crippen LogP) is 1.13. The molecule has 0 spiro atoms. The standard InChI is InChI=1S/C21H25N5O2.ClH/c22-20(27)14-24-13-17-8-4-5-9-19(17)26(15-24)25-11-10-23-18(21(25)28)12-16-6-2-1-3-7-16;/h1-9,18,23H,10-15H2,(H2,22,27);1H. The van der Waals surface area contributed by atoms with Crippen LogP contribution in [0.1, 0.15) is 11.1 Å². The molecule has 4 rings (SSSR count). The second-order valence-electron chi connectivity index (χ2n) is 7.28. The quantitative estimate of drug-likeness (QED) is 0.765. The number of fused-ring (bicyclic) bond motifs is 1. The van der Waals surface area contributed by atoms with Crippen LogP contribution in [-0.4, -0.2) is 54.1 Å². The SMILES string of the molecule is Cl.NC(=O)CN1Cc2ccccc2N(N2CCNC(Cc3ccccc3)C2=O)C1. The van der Waals surface area contributed by atoms with Gasteiger partial charge in [0.25, 0.3) is 5.91 Å². The number of nitrogens with two attached hydrogens (primary N) is 1. The first-order chi connectivity index (χ1) is 13.6. The van der Waals surface area contributed by atoms with Gasteiger partial charge < -0.3 is 11.1 Å². The third-order valence-electron chi connectivity index (χ3n) is 5.22. The summed E-state index contributed by atoms with van der Waals surface area (Å²) in [5, 5.41) is 7.15. The number of hydrogen-bond acceptors (Lipinski definition) is 5. The number of rotatable bonds is 5. The smallest absolute Gasteiger partial charge is 0.258 e. The molecule has 2 heterocycles. The molecule has 7 nitrogen and oxygen atoms in total. The topological polar surface area (TPSA) is 81.9 Å². The molecule has 2 amide bonds. The Morgan fingerprint density at radius 2 is 1.79 bits per heavy atom. The summed E-state index contributed by atoms with van der Waals surface area (Å²) in [6.07, 6.45) is 0.649. The average Bonchev–Trinajstić information content (AvgIpc) is 2.69. The largest absolute Gasteiger partial charge is 0.369 e. The Morgan fingerprint density at radius 3 is 2.55 bits per heavy atom. The Morgan fingerprint density at radius 1 is 1.07 bits per heavy atom. The van der Waals surface area contributed by atoms with Crippen molar-refractivity contribution in [1.82, 2.24) is 15.2 Å². The van der Waals surface area contributed by atoms with Crippen molar-refractivity contribution in [2.75, 3.05) is 31.3 Å². The van der Waals surface area contributed by atoms with Gasteiger partial charge in [-0.05, 0) is 23.6 Å². The average molecular weight is 416 g/mol. The molecule has 2 aliphatic heterocycles. The number of primary amides is 1. The van der Waals surface area contributed by atoms with Crippen molar-refractivity contribution >= 4 is 29.9 Å². The van der Waals surface area contributed by atoms with Crippen LogP contribution in [0.15, 0.2) is 54.6 Å². The van der Waals surface area contributed by atoms with Crippen molar-refractivity contribution in [1.29, 1.82) is 0 Å². The van der Waals surface area contributed by atoms with Gasteiger partial charge >= 0.3 is 0 Å². The third-order valence-corrected chi connectivity index (χ3v) is 5.22. The first-order valence-electron chi connectivity index (χ1n) is 9.56. The molecule has 1 unspecified atom stereocenters. The second-order valence-corrected chi connectivity index (χ2v) is 7.28. The van der Waals surface area contributed by atoms with Crippen LogP contribution < -0.4 is 16.1 Å². The van der Waals surface area contributed by atoms with E-state index in [1.165, 1.54) is 0 Å². The zero-order valence-electron chi connectivity index (χ0n) is 16.2. The van der Waals surface area contributed by atoms with E-state index in [-0.39, 0.29) is 36.8 Å². The van der Waals surface area contributed by atoms with Crippen LogP contribution in [0.5, 0.6) is 0 Å². The normalized spacial score (nSPS) is 19.4. The van der Waals surface area contributed by atoms with Gasteiger partial charge in [0.05, 0.1) is 31.5 Å². The number of para-hydroxylation sites is 1. The molecular weight excluding hydrogens is 390 g/mol. The van der Waals surface area contributed by atoms with Crippen molar-refractivity contribution in [3.8, 4) is 0 Å². The monoisotopic (exact) mass is 415 g/mol. The molecular formula is C21H26ClN5O2. The summed E-state index contributed by atoms with van der Waals surface area (Å²) in [7, 11) is 0. The van der Waals surface area contributed by atoms with E-state index in [0.29, 0.717) is 26.2 Å². The van der Waals surface area contributed by atoms with E-state index >= 15 is 0 Å². The van der Waals surface area contributed by atoms with Gasteiger partial charge in [0, 0.05) is 13.1 Å². The summed E-state index contributed by atoms with van der Waals surface area (Å²) in [5.74, 6) is -0.321. The first kappa shape index (κ1) is 21.1. The van der Waals surface area contributed by atoms with E-state index in [9.17, 15) is 9.59 Å². The molecule has 2 aromatic carbocycles. The lowest BCUT2D eigenvalue weighted by atomic mass is 10.0. The summed E-state index contributed by atoms with van der Waals surface area (Å²) in [6.45, 7) is 2.58. The van der Waals surface area contributed by atoms with E-state index in [2.05, 4.69) is 5.32 Å². The van der Waals surface area contributed by atoms with Gasteiger partial charge in [0.1, 0.15) is 0 Å². The zero-order chi connectivity index (χ0) is 19.5. The van der Waals surface area contributed by atoms with Crippen molar-refractivity contribution in [3.05, 3.63) is 65.7 Å². The lowest BCUT2D eigenvalue weighted by molar-refractivity contribution is -0.137. The molecule has 8 heteroatoms. The van der Waals surface area contributed by atoms with Gasteiger partial charge in [-0.15, -0.1) is 12.4 Å². The highest BCUT2D eigenvalue weighted by Gasteiger charge is 2.35. The van der Waals surface area contributed by atoms with E-state index < -0.39 is 0 Å². The van der Waals surface area contributed by atoms with Crippen LogP contribution in [0.2, 0.25) is 0 Å². The van der Waals surface area contributed by atoms with E-state index in [4.69, 9.17) is 5.73 Å². The maximum atomic E-state index is 13.3. The van der Waals surface area contributed by atoms with E-state index in [1.807, 2.05) is 69.5 Å². The molecule has 0 saturated carbocycles. The summed E-state index contributed by atoms with van der Waals surface area (Å²) >= 11 is 0. The van der Waals surface area contributed by atoms with Crippen LogP contribution in [0, 0.1) is 0 Å². The number of nitrogens with one attached hydrogen (secondary N) is 1. The molecule has 1 fully saturated rings. The molecule has 0 aliphatic carbocycles. The van der Waals surface area contributed by atoms with Crippen LogP contribution in [0.25, 0.3) is 0 Å². The number of carbonyl (C=O) groups is 2. The first-order valence-corrected chi connectivity index (χ1v) is 9.56.